The summed E-state index contributed by atoms with van der Waals surface area (Å²) in [5.74, 6) is 0.0885. The summed E-state index contributed by atoms with van der Waals surface area (Å²) in [4.78, 5) is 12.9. The Labute approximate surface area is 165 Å². The predicted octanol–water partition coefficient (Wildman–Crippen LogP) is 3.92. The van der Waals surface area contributed by atoms with Crippen molar-refractivity contribution in [1.82, 2.24) is 0 Å². The number of rotatable bonds is 8. The van der Waals surface area contributed by atoms with E-state index in [1.165, 1.54) is 0 Å². The van der Waals surface area contributed by atoms with Crippen molar-refractivity contribution in [3.8, 4) is 5.75 Å². The molecule has 0 spiro atoms. The molecular weight excluding hydrogens is 388 g/mol. The van der Waals surface area contributed by atoms with Gasteiger partial charge in [-0.3, -0.25) is 9.10 Å². The highest BCUT2D eigenvalue weighted by Crippen LogP contribution is 2.27. The number of ether oxygens (including phenoxy) is 1. The fourth-order valence-corrected chi connectivity index (χ4v) is 4.05. The van der Waals surface area contributed by atoms with Crippen LogP contribution in [-0.4, -0.2) is 33.2 Å². The minimum atomic E-state index is -3.70. The van der Waals surface area contributed by atoms with E-state index in [9.17, 15) is 13.2 Å². The van der Waals surface area contributed by atoms with Gasteiger partial charge in [-0.05, 0) is 49.7 Å². The average Bonchev–Trinajstić information content (AvgIpc) is 2.61. The second kappa shape index (κ2) is 9.10. The molecule has 1 N–H and O–H groups in total. The van der Waals surface area contributed by atoms with Crippen LogP contribution < -0.4 is 14.4 Å². The third kappa shape index (κ3) is 5.37. The highest BCUT2D eigenvalue weighted by molar-refractivity contribution is 7.92. The number of amides is 1. The van der Waals surface area contributed by atoms with Gasteiger partial charge in [0.15, 0.2) is 0 Å². The first kappa shape index (κ1) is 21.1. The largest absolute Gasteiger partial charge is 0.492 e. The molecule has 2 rings (SSSR count). The fourth-order valence-electron chi connectivity index (χ4n) is 2.72. The fraction of sp³-hybridized carbons (Fsp3) is 0.316. The molecule has 0 aromatic heterocycles. The zero-order valence-electron chi connectivity index (χ0n) is 15.5. The zero-order valence-corrected chi connectivity index (χ0v) is 17.0. The Morgan fingerprint density at radius 2 is 1.78 bits per heavy atom. The number of nitrogens with one attached hydrogen (secondary N) is 1. The second-order valence-corrected chi connectivity index (χ2v) is 8.17. The molecule has 27 heavy (non-hydrogen) atoms. The Morgan fingerprint density at radius 1 is 1.15 bits per heavy atom. The van der Waals surface area contributed by atoms with Gasteiger partial charge in [0.25, 0.3) is 0 Å². The molecule has 0 heterocycles. The number of nitrogens with zero attached hydrogens (tertiary/aromatic N) is 1. The van der Waals surface area contributed by atoms with E-state index < -0.39 is 22.0 Å². The van der Waals surface area contributed by atoms with Gasteiger partial charge in [0.1, 0.15) is 11.8 Å². The molecule has 0 saturated heterocycles. The molecule has 1 amide bonds. The van der Waals surface area contributed by atoms with Crippen molar-refractivity contribution in [2.45, 2.75) is 26.3 Å². The number of anilines is 2. The molecule has 1 atom stereocenters. The Balaban J connectivity index is 2.37. The van der Waals surface area contributed by atoms with Crippen LogP contribution in [0.25, 0.3) is 0 Å². The minimum Gasteiger partial charge on any atom is -0.492 e. The van der Waals surface area contributed by atoms with Gasteiger partial charge in [-0.25, -0.2) is 8.42 Å². The number of hydrogen-bond donors (Lipinski definition) is 1. The number of carbonyl (C=O) groups is 1. The molecule has 0 aliphatic carbocycles. The van der Waals surface area contributed by atoms with Crippen LogP contribution in [0.15, 0.2) is 48.5 Å². The third-order valence-corrected chi connectivity index (χ3v) is 5.29. The van der Waals surface area contributed by atoms with Crippen LogP contribution in [0.4, 0.5) is 11.4 Å². The quantitative estimate of drug-likeness (QED) is 0.715. The van der Waals surface area contributed by atoms with Gasteiger partial charge < -0.3 is 10.1 Å². The summed E-state index contributed by atoms with van der Waals surface area (Å²) in [6.07, 6.45) is 1.37. The summed E-state index contributed by atoms with van der Waals surface area (Å²) in [6, 6.07) is 12.4. The van der Waals surface area contributed by atoms with Gasteiger partial charge in [0.2, 0.25) is 15.9 Å². The van der Waals surface area contributed by atoms with Gasteiger partial charge in [0.05, 0.1) is 24.2 Å². The van der Waals surface area contributed by atoms with Gasteiger partial charge in [-0.1, -0.05) is 30.7 Å². The lowest BCUT2D eigenvalue weighted by Crippen LogP contribution is -2.47. The molecule has 0 fully saturated rings. The number of para-hydroxylation sites is 2. The second-order valence-electron chi connectivity index (χ2n) is 5.88. The molecule has 0 aliphatic rings. The molecule has 146 valence electrons. The van der Waals surface area contributed by atoms with Crippen molar-refractivity contribution in [2.75, 3.05) is 22.5 Å². The van der Waals surface area contributed by atoms with E-state index in [-0.39, 0.29) is 0 Å². The summed E-state index contributed by atoms with van der Waals surface area (Å²) >= 11 is 5.90. The van der Waals surface area contributed by atoms with Crippen LogP contribution in [0.2, 0.25) is 5.02 Å². The molecular formula is C19H23ClN2O4S. The van der Waals surface area contributed by atoms with Crippen molar-refractivity contribution in [1.29, 1.82) is 0 Å². The molecule has 0 bridgehead atoms. The van der Waals surface area contributed by atoms with Crippen LogP contribution in [-0.2, 0) is 14.8 Å². The van der Waals surface area contributed by atoms with Crippen molar-refractivity contribution in [3.63, 3.8) is 0 Å². The summed E-state index contributed by atoms with van der Waals surface area (Å²) in [5, 5.41) is 3.27. The standard InChI is InChI=1S/C19H23ClN2O4S/c1-4-17(19(23)21-16-8-6-7-9-18(16)26-5-2)22(27(3,24)25)15-12-10-14(20)11-13-15/h6-13,17H,4-5H2,1-3H3,(H,21,23). The van der Waals surface area contributed by atoms with Crippen molar-refractivity contribution in [3.05, 3.63) is 53.6 Å². The summed E-state index contributed by atoms with van der Waals surface area (Å²) in [7, 11) is -3.70. The summed E-state index contributed by atoms with van der Waals surface area (Å²) in [5.41, 5.74) is 0.870. The molecule has 0 saturated carbocycles. The van der Waals surface area contributed by atoms with Crippen molar-refractivity contribution >= 4 is 38.9 Å². The molecule has 0 aliphatic heterocycles. The van der Waals surface area contributed by atoms with E-state index in [4.69, 9.17) is 16.3 Å². The van der Waals surface area contributed by atoms with E-state index in [1.807, 2.05) is 6.92 Å². The van der Waals surface area contributed by atoms with Gasteiger partial charge >= 0.3 is 0 Å². The van der Waals surface area contributed by atoms with E-state index in [2.05, 4.69) is 5.32 Å². The summed E-state index contributed by atoms with van der Waals surface area (Å²) < 4.78 is 31.5. The Morgan fingerprint density at radius 3 is 2.33 bits per heavy atom. The summed E-state index contributed by atoms with van der Waals surface area (Å²) in [6.45, 7) is 4.05. The lowest BCUT2D eigenvalue weighted by atomic mass is 10.1. The number of carbonyl (C=O) groups excluding carboxylic acids is 1. The lowest BCUT2D eigenvalue weighted by Gasteiger charge is -2.30. The van der Waals surface area contributed by atoms with Gasteiger partial charge in [0, 0.05) is 5.02 Å². The molecule has 2 aromatic rings. The number of hydrogen-bond acceptors (Lipinski definition) is 4. The first-order chi connectivity index (χ1) is 12.8. The maximum absolute atomic E-state index is 12.9. The topological polar surface area (TPSA) is 75.7 Å². The van der Waals surface area contributed by atoms with Gasteiger partial charge in [-0.15, -0.1) is 0 Å². The predicted molar refractivity (Wildman–Crippen MR) is 109 cm³/mol. The Hall–Kier alpha value is -2.25. The van der Waals surface area contributed by atoms with Crippen molar-refractivity contribution < 1.29 is 17.9 Å². The van der Waals surface area contributed by atoms with Gasteiger partial charge in [-0.2, -0.15) is 0 Å². The van der Waals surface area contributed by atoms with Crippen LogP contribution in [0.1, 0.15) is 20.3 Å². The highest BCUT2D eigenvalue weighted by Gasteiger charge is 2.31. The first-order valence-electron chi connectivity index (χ1n) is 8.55. The van der Waals surface area contributed by atoms with E-state index >= 15 is 0 Å². The van der Waals surface area contributed by atoms with Crippen molar-refractivity contribution in [2.24, 2.45) is 0 Å². The van der Waals surface area contributed by atoms with E-state index in [0.717, 1.165) is 10.6 Å². The maximum Gasteiger partial charge on any atom is 0.248 e. The number of halogens is 1. The van der Waals surface area contributed by atoms with E-state index in [0.29, 0.717) is 35.2 Å². The molecule has 0 radical (unpaired) electrons. The molecule has 6 nitrogen and oxygen atoms in total. The Kier molecular flexibility index (Phi) is 7.10. The SMILES string of the molecule is CCOc1ccccc1NC(=O)C(CC)N(c1ccc(Cl)cc1)S(C)(=O)=O. The number of benzene rings is 2. The normalized spacial score (nSPS) is 12.3. The molecule has 1 unspecified atom stereocenters. The number of sulfonamides is 1. The maximum atomic E-state index is 12.9. The average molecular weight is 411 g/mol. The molecule has 8 heteroatoms. The lowest BCUT2D eigenvalue weighted by molar-refractivity contribution is -0.117. The smallest absolute Gasteiger partial charge is 0.248 e. The monoisotopic (exact) mass is 410 g/mol. The first-order valence-corrected chi connectivity index (χ1v) is 10.8. The van der Waals surface area contributed by atoms with Crippen LogP contribution in [0, 0.1) is 0 Å². The van der Waals surface area contributed by atoms with Crippen LogP contribution in [0.3, 0.4) is 0 Å². The Bertz CT molecular complexity index is 885. The van der Waals surface area contributed by atoms with Crippen LogP contribution in [0.5, 0.6) is 5.75 Å². The molecule has 2 aromatic carbocycles. The van der Waals surface area contributed by atoms with E-state index in [1.54, 1.807) is 55.5 Å². The zero-order chi connectivity index (χ0) is 20.0. The van der Waals surface area contributed by atoms with Crippen LogP contribution >= 0.6 is 11.6 Å². The third-order valence-electron chi connectivity index (χ3n) is 3.86. The minimum absolute atomic E-state index is 0.290. The highest BCUT2D eigenvalue weighted by atomic mass is 35.5.